The predicted molar refractivity (Wildman–Crippen MR) is 98.4 cm³/mol. The summed E-state index contributed by atoms with van der Waals surface area (Å²) in [5.41, 5.74) is 5.48. The summed E-state index contributed by atoms with van der Waals surface area (Å²) in [5.74, 6) is 0. The molecule has 0 bridgehead atoms. The van der Waals surface area contributed by atoms with E-state index in [1.165, 1.54) is 24.9 Å². The van der Waals surface area contributed by atoms with E-state index in [4.69, 9.17) is 4.98 Å². The normalized spacial score (nSPS) is 17.8. The Balaban J connectivity index is 1.42. The van der Waals surface area contributed by atoms with E-state index in [-0.39, 0.29) is 0 Å². The van der Waals surface area contributed by atoms with Crippen LogP contribution >= 0.6 is 11.3 Å². The molecule has 2 aromatic heterocycles. The van der Waals surface area contributed by atoms with Crippen LogP contribution in [0.5, 0.6) is 0 Å². The molecule has 3 nitrogen and oxygen atoms in total. The van der Waals surface area contributed by atoms with Crippen LogP contribution in [0.1, 0.15) is 30.5 Å². The van der Waals surface area contributed by atoms with Crippen LogP contribution in [-0.2, 0) is 12.0 Å². The molecule has 3 heterocycles. The van der Waals surface area contributed by atoms with Crippen molar-refractivity contribution in [1.82, 2.24) is 9.97 Å². The molecule has 1 aliphatic carbocycles. The van der Waals surface area contributed by atoms with Crippen LogP contribution in [-0.4, -0.2) is 16.5 Å². The molecule has 0 unspecified atom stereocenters. The number of anilines is 1. The van der Waals surface area contributed by atoms with Crippen molar-refractivity contribution < 1.29 is 0 Å². The summed E-state index contributed by atoms with van der Waals surface area (Å²) in [6.07, 6.45) is 5.85. The van der Waals surface area contributed by atoms with Gasteiger partial charge in [-0.1, -0.05) is 30.7 Å². The highest BCUT2D eigenvalue weighted by Crippen LogP contribution is 2.52. The van der Waals surface area contributed by atoms with E-state index in [1.54, 1.807) is 16.9 Å². The molecular weight excluding hydrogens is 314 g/mol. The van der Waals surface area contributed by atoms with Crippen LogP contribution in [0, 0.1) is 0 Å². The second-order valence-electron chi connectivity index (χ2n) is 6.87. The zero-order valence-corrected chi connectivity index (χ0v) is 14.3. The first kappa shape index (κ1) is 14.2. The Kier molecular flexibility index (Phi) is 3.20. The van der Waals surface area contributed by atoms with Crippen molar-refractivity contribution in [3.05, 3.63) is 65.3 Å². The minimum Gasteiger partial charge on any atom is -0.364 e. The van der Waals surface area contributed by atoms with Gasteiger partial charge in [0, 0.05) is 29.2 Å². The summed E-state index contributed by atoms with van der Waals surface area (Å²) in [6.45, 7) is 2.03. The average molecular weight is 333 g/mol. The van der Waals surface area contributed by atoms with Crippen molar-refractivity contribution >= 4 is 17.0 Å². The third-order valence-corrected chi connectivity index (χ3v) is 6.32. The van der Waals surface area contributed by atoms with Crippen LogP contribution < -0.4 is 4.90 Å². The second kappa shape index (κ2) is 5.42. The van der Waals surface area contributed by atoms with Crippen LogP contribution in [0.25, 0.3) is 10.7 Å². The maximum absolute atomic E-state index is 4.82. The fraction of sp³-hybridized carbons (Fsp3) is 0.300. The fourth-order valence-electron chi connectivity index (χ4n) is 4.09. The molecule has 3 aromatic rings. The van der Waals surface area contributed by atoms with Crippen molar-refractivity contribution in [1.29, 1.82) is 0 Å². The third-order valence-electron chi connectivity index (χ3n) is 5.41. The number of fused-ring (bicyclic) bond motifs is 2. The Morgan fingerprint density at radius 3 is 2.75 bits per heavy atom. The summed E-state index contributed by atoms with van der Waals surface area (Å²) in [4.78, 5) is 11.8. The topological polar surface area (TPSA) is 29.0 Å². The van der Waals surface area contributed by atoms with Crippen LogP contribution in [0.15, 0.2) is 54.0 Å². The van der Waals surface area contributed by atoms with Gasteiger partial charge < -0.3 is 4.90 Å². The standard InChI is InChI=1S/C20H19N3S/c1-2-8-18-16(6-1)20(9-5-10-20)14-23(18)12-15-13-24-19(22-15)17-7-3-4-11-21-17/h1-4,6-8,11,13H,5,9-10,12,14H2. The van der Waals surface area contributed by atoms with Gasteiger partial charge in [0.2, 0.25) is 0 Å². The van der Waals surface area contributed by atoms with Gasteiger partial charge in [0.15, 0.2) is 0 Å². The van der Waals surface area contributed by atoms with Crippen LogP contribution in [0.4, 0.5) is 5.69 Å². The number of hydrogen-bond donors (Lipinski definition) is 0. The van der Waals surface area contributed by atoms with E-state index in [9.17, 15) is 0 Å². The quantitative estimate of drug-likeness (QED) is 0.699. The lowest BCUT2D eigenvalue weighted by atomic mass is 9.66. The molecule has 0 radical (unpaired) electrons. The van der Waals surface area contributed by atoms with Crippen LogP contribution in [0.3, 0.4) is 0 Å². The van der Waals surface area contributed by atoms with Gasteiger partial charge in [-0.25, -0.2) is 4.98 Å². The molecule has 1 saturated carbocycles. The highest BCUT2D eigenvalue weighted by atomic mass is 32.1. The smallest absolute Gasteiger partial charge is 0.142 e. The average Bonchev–Trinajstić information content (AvgIpc) is 3.19. The lowest BCUT2D eigenvalue weighted by Gasteiger charge is -2.39. The van der Waals surface area contributed by atoms with Crippen molar-refractivity contribution in [2.24, 2.45) is 0 Å². The summed E-state index contributed by atoms with van der Waals surface area (Å²) >= 11 is 1.69. The number of rotatable bonds is 3. The van der Waals surface area contributed by atoms with Gasteiger partial charge in [0.25, 0.3) is 0 Å². The number of aromatic nitrogens is 2. The first-order valence-electron chi connectivity index (χ1n) is 8.54. The largest absolute Gasteiger partial charge is 0.364 e. The van der Waals surface area contributed by atoms with Crippen molar-refractivity contribution in [2.75, 3.05) is 11.4 Å². The summed E-state index contributed by atoms with van der Waals surface area (Å²) in [5, 5.41) is 3.19. The van der Waals surface area contributed by atoms with E-state index < -0.39 is 0 Å². The number of nitrogens with zero attached hydrogens (tertiary/aromatic N) is 3. The maximum atomic E-state index is 4.82. The summed E-state index contributed by atoms with van der Waals surface area (Å²) < 4.78 is 0. The number of para-hydroxylation sites is 1. The fourth-order valence-corrected chi connectivity index (χ4v) is 4.87. The Morgan fingerprint density at radius 2 is 1.96 bits per heavy atom. The minimum absolute atomic E-state index is 0.413. The zero-order valence-electron chi connectivity index (χ0n) is 13.5. The molecule has 0 saturated heterocycles. The van der Waals surface area contributed by atoms with Crippen molar-refractivity contribution in [3.63, 3.8) is 0 Å². The summed E-state index contributed by atoms with van der Waals surface area (Å²) in [6, 6.07) is 14.9. The lowest BCUT2D eigenvalue weighted by Crippen LogP contribution is -2.39. The van der Waals surface area contributed by atoms with Gasteiger partial charge >= 0.3 is 0 Å². The Morgan fingerprint density at radius 1 is 1.08 bits per heavy atom. The predicted octanol–water partition coefficient (Wildman–Crippen LogP) is 4.65. The number of benzene rings is 1. The highest BCUT2D eigenvalue weighted by molar-refractivity contribution is 7.13. The Hall–Kier alpha value is -2.20. The molecule has 120 valence electrons. The Labute approximate surface area is 146 Å². The molecule has 1 spiro atoms. The van der Waals surface area contributed by atoms with Crippen LogP contribution in [0.2, 0.25) is 0 Å². The molecule has 1 aromatic carbocycles. The van der Waals surface area contributed by atoms with Gasteiger partial charge in [-0.15, -0.1) is 11.3 Å². The van der Waals surface area contributed by atoms with Gasteiger partial charge in [0.05, 0.1) is 17.9 Å². The number of pyridine rings is 1. The van der Waals surface area contributed by atoms with Gasteiger partial charge in [-0.3, -0.25) is 4.98 Å². The van der Waals surface area contributed by atoms with E-state index in [0.717, 1.165) is 29.5 Å². The highest BCUT2D eigenvalue weighted by Gasteiger charge is 2.46. The second-order valence-corrected chi connectivity index (χ2v) is 7.72. The molecule has 0 amide bonds. The molecule has 0 N–H and O–H groups in total. The molecule has 1 fully saturated rings. The number of hydrogen-bond acceptors (Lipinski definition) is 4. The van der Waals surface area contributed by atoms with Gasteiger partial charge in [-0.05, 0) is 36.6 Å². The maximum Gasteiger partial charge on any atom is 0.142 e. The lowest BCUT2D eigenvalue weighted by molar-refractivity contribution is 0.263. The molecule has 1 aliphatic heterocycles. The monoisotopic (exact) mass is 333 g/mol. The third kappa shape index (κ3) is 2.17. The van der Waals surface area contributed by atoms with E-state index >= 15 is 0 Å². The number of thiazole rings is 1. The van der Waals surface area contributed by atoms with Gasteiger partial charge in [0.1, 0.15) is 5.01 Å². The Bertz CT molecular complexity index is 867. The zero-order chi connectivity index (χ0) is 16.0. The van der Waals surface area contributed by atoms with E-state index in [1.807, 2.05) is 24.4 Å². The summed E-state index contributed by atoms with van der Waals surface area (Å²) in [7, 11) is 0. The van der Waals surface area contributed by atoms with E-state index in [2.05, 4.69) is 39.5 Å². The molecular formula is C20H19N3S. The molecule has 5 rings (SSSR count). The molecule has 24 heavy (non-hydrogen) atoms. The SMILES string of the molecule is c1ccc(-c2nc(CN3CC4(CCC4)c4ccccc43)cs2)nc1. The first-order chi connectivity index (χ1) is 11.8. The van der Waals surface area contributed by atoms with E-state index in [0.29, 0.717) is 5.41 Å². The molecule has 4 heteroatoms. The van der Waals surface area contributed by atoms with Crippen molar-refractivity contribution in [3.8, 4) is 10.7 Å². The minimum atomic E-state index is 0.413. The molecule has 0 atom stereocenters. The van der Waals surface area contributed by atoms with Crippen molar-refractivity contribution in [2.45, 2.75) is 31.2 Å². The first-order valence-corrected chi connectivity index (χ1v) is 9.42. The van der Waals surface area contributed by atoms with Gasteiger partial charge in [-0.2, -0.15) is 0 Å². The molecule has 2 aliphatic rings.